The molecule has 0 spiro atoms. The molecule has 0 aromatic heterocycles. The summed E-state index contributed by atoms with van der Waals surface area (Å²) >= 11 is 6.01. The predicted molar refractivity (Wildman–Crippen MR) is 112 cm³/mol. The molecule has 2 heterocycles. The van der Waals surface area contributed by atoms with Crippen LogP contribution in [0.2, 0.25) is 5.02 Å². The number of halogens is 1. The summed E-state index contributed by atoms with van der Waals surface area (Å²) < 4.78 is 23.9. The lowest BCUT2D eigenvalue weighted by Gasteiger charge is -2.20. The average Bonchev–Trinajstić information content (AvgIpc) is 3.30. The smallest absolute Gasteiger partial charge is 0.151 e. The molecule has 2 aromatic rings. The zero-order valence-electron chi connectivity index (χ0n) is 16.1. The van der Waals surface area contributed by atoms with Gasteiger partial charge in [0.05, 0.1) is 25.4 Å². The third-order valence-electron chi connectivity index (χ3n) is 5.17. The molecule has 2 aliphatic rings. The van der Waals surface area contributed by atoms with Gasteiger partial charge in [-0.3, -0.25) is 10.8 Å². The minimum atomic E-state index is -0.344. The van der Waals surface area contributed by atoms with Crippen LogP contribution < -0.4 is 16.2 Å². The lowest BCUT2D eigenvalue weighted by atomic mass is 10.1. The fourth-order valence-electron chi connectivity index (χ4n) is 3.68. The Morgan fingerprint density at radius 1 is 1.00 bits per heavy atom. The van der Waals surface area contributed by atoms with Crippen LogP contribution in [-0.2, 0) is 20.8 Å². The highest BCUT2D eigenvalue weighted by Crippen LogP contribution is 2.33. The molecule has 0 aliphatic carbocycles. The Balaban J connectivity index is 1.39. The lowest BCUT2D eigenvalue weighted by molar-refractivity contribution is -0.0426. The summed E-state index contributed by atoms with van der Waals surface area (Å²) in [7, 11) is 0. The number of ether oxygens (including phenoxy) is 4. The molecule has 4 rings (SSSR count). The number of benzene rings is 2. The van der Waals surface area contributed by atoms with Gasteiger partial charge in [0.1, 0.15) is 35.7 Å². The van der Waals surface area contributed by atoms with Crippen LogP contribution in [0.5, 0.6) is 5.75 Å². The minimum Gasteiger partial charge on any atom is -0.484 e. The number of nitrogens with two attached hydrogens (primary N) is 2. The van der Waals surface area contributed by atoms with Gasteiger partial charge in [-0.2, -0.15) is 0 Å². The summed E-state index contributed by atoms with van der Waals surface area (Å²) in [5.74, 6) is 0.367. The quantitative estimate of drug-likeness (QED) is 0.392. The Kier molecular flexibility index (Phi) is 5.92. The van der Waals surface area contributed by atoms with E-state index in [-0.39, 0.29) is 36.1 Å². The SMILES string of the molecule is N=C(N)c1cccc(CO[C@H]2CO[C@H]3[C@@H]2OC[C@H]3Oc2ccc(Cl)cc2C(=N)N)c1. The standard InChI is InChI=1S/C21H23ClN4O4/c22-13-4-5-15(14(7-13)21(25)26)30-17-10-29-18-16(9-28-19(17)18)27-8-11-2-1-3-12(6-11)20(23)24/h1-7,16-19H,8-10H2,(H3,23,24)(H3,25,26)/t16-,17+,18+,19+/m0/s1. The Morgan fingerprint density at radius 3 is 2.47 bits per heavy atom. The van der Waals surface area contributed by atoms with Crippen molar-refractivity contribution in [1.29, 1.82) is 10.8 Å². The zero-order chi connectivity index (χ0) is 21.3. The molecule has 0 radical (unpaired) electrons. The fraction of sp³-hybridized carbons (Fsp3) is 0.333. The third kappa shape index (κ3) is 4.27. The molecule has 158 valence electrons. The Hall–Kier alpha value is -2.65. The van der Waals surface area contributed by atoms with Gasteiger partial charge in [0.15, 0.2) is 6.10 Å². The van der Waals surface area contributed by atoms with Crippen LogP contribution in [-0.4, -0.2) is 49.3 Å². The fourth-order valence-corrected chi connectivity index (χ4v) is 3.86. The molecule has 8 nitrogen and oxygen atoms in total. The first-order chi connectivity index (χ1) is 14.4. The van der Waals surface area contributed by atoms with Gasteiger partial charge in [-0.15, -0.1) is 0 Å². The number of amidine groups is 2. The van der Waals surface area contributed by atoms with Gasteiger partial charge in [0.2, 0.25) is 0 Å². The van der Waals surface area contributed by atoms with Crippen molar-refractivity contribution < 1.29 is 18.9 Å². The van der Waals surface area contributed by atoms with E-state index in [4.69, 9.17) is 52.8 Å². The van der Waals surface area contributed by atoms with Crippen molar-refractivity contribution in [3.63, 3.8) is 0 Å². The van der Waals surface area contributed by atoms with Crippen molar-refractivity contribution in [1.82, 2.24) is 0 Å². The molecule has 30 heavy (non-hydrogen) atoms. The molecular formula is C21H23ClN4O4. The van der Waals surface area contributed by atoms with Crippen LogP contribution in [0.3, 0.4) is 0 Å². The number of nitrogen functional groups attached to an aromatic ring is 2. The van der Waals surface area contributed by atoms with Crippen molar-refractivity contribution in [2.75, 3.05) is 13.2 Å². The normalized spacial score (nSPS) is 25.1. The van der Waals surface area contributed by atoms with E-state index >= 15 is 0 Å². The Bertz CT molecular complexity index is 970. The second-order valence-electron chi connectivity index (χ2n) is 7.27. The summed E-state index contributed by atoms with van der Waals surface area (Å²) in [6.45, 7) is 1.09. The summed E-state index contributed by atoms with van der Waals surface area (Å²) in [6.07, 6.45) is -1.11. The van der Waals surface area contributed by atoms with E-state index in [1.165, 1.54) is 0 Å². The van der Waals surface area contributed by atoms with Crippen molar-refractivity contribution in [2.45, 2.75) is 31.0 Å². The van der Waals surface area contributed by atoms with Crippen molar-refractivity contribution >= 4 is 23.3 Å². The second kappa shape index (κ2) is 8.61. The van der Waals surface area contributed by atoms with Crippen LogP contribution in [0.4, 0.5) is 0 Å². The number of hydrogen-bond donors (Lipinski definition) is 4. The first-order valence-corrected chi connectivity index (χ1v) is 9.89. The van der Waals surface area contributed by atoms with Crippen LogP contribution in [0.15, 0.2) is 42.5 Å². The third-order valence-corrected chi connectivity index (χ3v) is 5.41. The van der Waals surface area contributed by atoms with Gasteiger partial charge >= 0.3 is 0 Å². The van der Waals surface area contributed by atoms with Gasteiger partial charge in [0.25, 0.3) is 0 Å². The first kappa shape index (κ1) is 20.6. The van der Waals surface area contributed by atoms with E-state index in [0.717, 1.165) is 5.56 Å². The average molecular weight is 431 g/mol. The first-order valence-electron chi connectivity index (χ1n) is 9.51. The molecular weight excluding hydrogens is 408 g/mol. The molecule has 0 unspecified atom stereocenters. The number of nitrogens with one attached hydrogen (secondary N) is 2. The van der Waals surface area contributed by atoms with E-state index in [2.05, 4.69) is 0 Å². The molecule has 6 N–H and O–H groups in total. The largest absolute Gasteiger partial charge is 0.484 e. The van der Waals surface area contributed by atoms with Crippen LogP contribution in [0.1, 0.15) is 16.7 Å². The van der Waals surface area contributed by atoms with Crippen molar-refractivity contribution in [2.24, 2.45) is 11.5 Å². The predicted octanol–water partition coefficient (Wildman–Crippen LogP) is 2.04. The summed E-state index contributed by atoms with van der Waals surface area (Å²) in [6, 6.07) is 12.4. The number of rotatable bonds is 7. The van der Waals surface area contributed by atoms with Gasteiger partial charge in [-0.25, -0.2) is 0 Å². The number of hydrogen-bond acceptors (Lipinski definition) is 6. The van der Waals surface area contributed by atoms with Gasteiger partial charge in [-0.05, 0) is 29.8 Å². The molecule has 0 amide bonds. The van der Waals surface area contributed by atoms with E-state index in [1.54, 1.807) is 24.3 Å². The molecule has 0 saturated carbocycles. The van der Waals surface area contributed by atoms with Gasteiger partial charge < -0.3 is 30.4 Å². The highest BCUT2D eigenvalue weighted by Gasteiger charge is 2.49. The highest BCUT2D eigenvalue weighted by molar-refractivity contribution is 6.31. The monoisotopic (exact) mass is 430 g/mol. The van der Waals surface area contributed by atoms with Crippen molar-refractivity contribution in [3.05, 3.63) is 64.2 Å². The van der Waals surface area contributed by atoms with E-state index < -0.39 is 0 Å². The molecule has 2 saturated heterocycles. The maximum absolute atomic E-state index is 7.74. The van der Waals surface area contributed by atoms with Crippen LogP contribution in [0, 0.1) is 10.8 Å². The van der Waals surface area contributed by atoms with Gasteiger partial charge in [0, 0.05) is 10.6 Å². The molecule has 2 aromatic carbocycles. The molecule has 2 aliphatic heterocycles. The second-order valence-corrected chi connectivity index (χ2v) is 7.71. The van der Waals surface area contributed by atoms with Crippen molar-refractivity contribution in [3.8, 4) is 5.75 Å². The van der Waals surface area contributed by atoms with Crippen LogP contribution in [0.25, 0.3) is 0 Å². The molecule has 4 atom stereocenters. The summed E-state index contributed by atoms with van der Waals surface area (Å²) in [4.78, 5) is 0. The van der Waals surface area contributed by atoms with Crippen LogP contribution >= 0.6 is 11.6 Å². The van der Waals surface area contributed by atoms with E-state index in [9.17, 15) is 0 Å². The lowest BCUT2D eigenvalue weighted by Crippen LogP contribution is -2.35. The molecule has 0 bridgehead atoms. The summed E-state index contributed by atoms with van der Waals surface area (Å²) in [5, 5.41) is 15.8. The maximum atomic E-state index is 7.74. The number of fused-ring (bicyclic) bond motifs is 1. The minimum absolute atomic E-state index is 0.0207. The summed E-state index contributed by atoms with van der Waals surface area (Å²) in [5.41, 5.74) is 13.2. The van der Waals surface area contributed by atoms with E-state index in [0.29, 0.717) is 41.7 Å². The topological polar surface area (TPSA) is 137 Å². The zero-order valence-corrected chi connectivity index (χ0v) is 16.9. The Morgan fingerprint density at radius 2 is 1.73 bits per heavy atom. The Labute approximate surface area is 179 Å². The van der Waals surface area contributed by atoms with E-state index in [1.807, 2.05) is 18.2 Å². The molecule has 2 fully saturated rings. The molecule has 9 heteroatoms. The highest BCUT2D eigenvalue weighted by atomic mass is 35.5. The maximum Gasteiger partial charge on any atom is 0.151 e. The van der Waals surface area contributed by atoms with Gasteiger partial charge in [-0.1, -0.05) is 29.8 Å².